The first-order chi connectivity index (χ1) is 4.16. The Balaban J connectivity index is 3.28. The standard InChI is InChI=1S/C8H16O/c1-4-7(2)5-6-8(3)9/h4,8-9H,5-6H2,1-3H3/b7-4-. The van der Waals surface area contributed by atoms with Gasteiger partial charge in [-0.15, -0.1) is 0 Å². The largest absolute Gasteiger partial charge is 0.393 e. The van der Waals surface area contributed by atoms with E-state index >= 15 is 0 Å². The Bertz CT molecular complexity index is 92.7. The number of allylic oxidation sites excluding steroid dienone is 2. The highest BCUT2D eigenvalue weighted by atomic mass is 16.3. The van der Waals surface area contributed by atoms with Crippen molar-refractivity contribution in [1.82, 2.24) is 0 Å². The van der Waals surface area contributed by atoms with E-state index in [0.29, 0.717) is 0 Å². The van der Waals surface area contributed by atoms with E-state index in [1.165, 1.54) is 5.57 Å². The van der Waals surface area contributed by atoms with E-state index in [0.717, 1.165) is 12.8 Å². The molecule has 0 aliphatic rings. The molecule has 0 rings (SSSR count). The number of rotatable bonds is 3. The fraction of sp³-hybridized carbons (Fsp3) is 0.750. The Morgan fingerprint density at radius 1 is 1.67 bits per heavy atom. The zero-order chi connectivity index (χ0) is 7.28. The van der Waals surface area contributed by atoms with Crippen molar-refractivity contribution >= 4 is 0 Å². The van der Waals surface area contributed by atoms with Gasteiger partial charge in [0.15, 0.2) is 0 Å². The van der Waals surface area contributed by atoms with Crippen molar-refractivity contribution in [2.24, 2.45) is 0 Å². The predicted octanol–water partition coefficient (Wildman–Crippen LogP) is 2.11. The third kappa shape index (κ3) is 5.57. The van der Waals surface area contributed by atoms with Crippen LogP contribution in [0.3, 0.4) is 0 Å². The van der Waals surface area contributed by atoms with E-state index in [1.807, 2.05) is 13.8 Å². The lowest BCUT2D eigenvalue weighted by Gasteiger charge is -2.02. The van der Waals surface area contributed by atoms with Crippen molar-refractivity contribution < 1.29 is 5.11 Å². The summed E-state index contributed by atoms with van der Waals surface area (Å²) in [6.07, 6.45) is 3.84. The van der Waals surface area contributed by atoms with Crippen molar-refractivity contribution in [3.05, 3.63) is 11.6 Å². The molecule has 0 saturated heterocycles. The number of aliphatic hydroxyl groups excluding tert-OH is 1. The first-order valence-corrected chi connectivity index (χ1v) is 3.46. The molecule has 1 heteroatoms. The third-order valence-corrected chi connectivity index (χ3v) is 1.45. The maximum Gasteiger partial charge on any atom is 0.0515 e. The molecule has 0 aliphatic carbocycles. The second kappa shape index (κ2) is 4.57. The average molecular weight is 128 g/mol. The summed E-state index contributed by atoms with van der Waals surface area (Å²) in [5.74, 6) is 0. The molecule has 0 aromatic carbocycles. The van der Waals surface area contributed by atoms with Crippen LogP contribution in [0, 0.1) is 0 Å². The Morgan fingerprint density at radius 3 is 2.56 bits per heavy atom. The second-order valence-corrected chi connectivity index (χ2v) is 2.52. The molecule has 9 heavy (non-hydrogen) atoms. The van der Waals surface area contributed by atoms with Gasteiger partial charge in [0, 0.05) is 0 Å². The highest BCUT2D eigenvalue weighted by Crippen LogP contribution is 2.05. The van der Waals surface area contributed by atoms with Crippen molar-refractivity contribution in [3.63, 3.8) is 0 Å². The summed E-state index contributed by atoms with van der Waals surface area (Å²) in [7, 11) is 0. The first kappa shape index (κ1) is 8.70. The maximum absolute atomic E-state index is 8.87. The molecule has 1 atom stereocenters. The molecule has 0 aliphatic heterocycles. The Kier molecular flexibility index (Phi) is 4.41. The Labute approximate surface area is 57.4 Å². The van der Waals surface area contributed by atoms with Crippen molar-refractivity contribution in [2.45, 2.75) is 39.7 Å². The highest BCUT2D eigenvalue weighted by Gasteiger charge is 1.94. The molecule has 0 amide bonds. The lowest BCUT2D eigenvalue weighted by Crippen LogP contribution is -1.98. The lowest BCUT2D eigenvalue weighted by molar-refractivity contribution is 0.185. The van der Waals surface area contributed by atoms with Crippen LogP contribution >= 0.6 is 0 Å². The summed E-state index contributed by atoms with van der Waals surface area (Å²) >= 11 is 0. The zero-order valence-corrected chi connectivity index (χ0v) is 6.52. The van der Waals surface area contributed by atoms with Gasteiger partial charge < -0.3 is 5.11 Å². The van der Waals surface area contributed by atoms with Gasteiger partial charge in [-0.3, -0.25) is 0 Å². The van der Waals surface area contributed by atoms with Crippen LogP contribution in [0.5, 0.6) is 0 Å². The molecule has 1 N–H and O–H groups in total. The SMILES string of the molecule is C/C=C(/C)CCC(C)O. The topological polar surface area (TPSA) is 20.2 Å². The van der Waals surface area contributed by atoms with E-state index in [2.05, 4.69) is 13.0 Å². The summed E-state index contributed by atoms with van der Waals surface area (Å²) < 4.78 is 0. The Hall–Kier alpha value is -0.300. The summed E-state index contributed by atoms with van der Waals surface area (Å²) in [6.45, 7) is 5.93. The zero-order valence-electron chi connectivity index (χ0n) is 6.52. The van der Waals surface area contributed by atoms with Crippen molar-refractivity contribution in [3.8, 4) is 0 Å². The van der Waals surface area contributed by atoms with Crippen LogP contribution in [-0.2, 0) is 0 Å². The van der Waals surface area contributed by atoms with E-state index < -0.39 is 0 Å². The smallest absolute Gasteiger partial charge is 0.0515 e. The molecular weight excluding hydrogens is 112 g/mol. The van der Waals surface area contributed by atoms with E-state index in [9.17, 15) is 0 Å². The van der Waals surface area contributed by atoms with Crippen molar-refractivity contribution in [1.29, 1.82) is 0 Å². The van der Waals surface area contributed by atoms with Gasteiger partial charge in [-0.05, 0) is 33.6 Å². The van der Waals surface area contributed by atoms with Crippen LogP contribution in [0.2, 0.25) is 0 Å². The predicted molar refractivity (Wildman–Crippen MR) is 40.3 cm³/mol. The van der Waals surface area contributed by atoms with E-state index in [1.54, 1.807) is 0 Å². The normalized spacial score (nSPS) is 15.8. The monoisotopic (exact) mass is 128 g/mol. The van der Waals surface area contributed by atoms with E-state index in [4.69, 9.17) is 5.11 Å². The molecule has 1 nitrogen and oxygen atoms in total. The maximum atomic E-state index is 8.87. The quantitative estimate of drug-likeness (QED) is 0.577. The number of hydrogen-bond donors (Lipinski definition) is 1. The van der Waals surface area contributed by atoms with Crippen LogP contribution in [0.15, 0.2) is 11.6 Å². The molecule has 0 aromatic rings. The first-order valence-electron chi connectivity index (χ1n) is 3.46. The summed E-state index contributed by atoms with van der Waals surface area (Å²) in [5, 5.41) is 8.87. The number of hydrogen-bond acceptors (Lipinski definition) is 1. The summed E-state index contributed by atoms with van der Waals surface area (Å²) in [5.41, 5.74) is 1.36. The molecule has 54 valence electrons. The van der Waals surface area contributed by atoms with Crippen LogP contribution in [0.4, 0.5) is 0 Å². The fourth-order valence-corrected chi connectivity index (χ4v) is 0.581. The second-order valence-electron chi connectivity index (χ2n) is 2.52. The van der Waals surface area contributed by atoms with Gasteiger partial charge in [0.1, 0.15) is 0 Å². The van der Waals surface area contributed by atoms with E-state index in [-0.39, 0.29) is 6.10 Å². The molecule has 0 heterocycles. The molecule has 0 bridgehead atoms. The van der Waals surface area contributed by atoms with Crippen LogP contribution in [0.25, 0.3) is 0 Å². The minimum Gasteiger partial charge on any atom is -0.393 e. The fourth-order valence-electron chi connectivity index (χ4n) is 0.581. The van der Waals surface area contributed by atoms with Gasteiger partial charge in [0.2, 0.25) is 0 Å². The highest BCUT2D eigenvalue weighted by molar-refractivity contribution is 4.95. The van der Waals surface area contributed by atoms with Crippen LogP contribution in [0.1, 0.15) is 33.6 Å². The molecule has 0 saturated carbocycles. The third-order valence-electron chi connectivity index (χ3n) is 1.45. The molecule has 0 spiro atoms. The van der Waals surface area contributed by atoms with Gasteiger partial charge >= 0.3 is 0 Å². The number of aliphatic hydroxyl groups is 1. The Morgan fingerprint density at radius 2 is 2.22 bits per heavy atom. The molecule has 0 fully saturated rings. The van der Waals surface area contributed by atoms with Gasteiger partial charge in [0.25, 0.3) is 0 Å². The minimum absolute atomic E-state index is 0.153. The molecule has 1 unspecified atom stereocenters. The average Bonchev–Trinajstić information content (AvgIpc) is 1.83. The molecule has 0 radical (unpaired) electrons. The van der Waals surface area contributed by atoms with Crippen LogP contribution < -0.4 is 0 Å². The van der Waals surface area contributed by atoms with Gasteiger partial charge in [0.05, 0.1) is 6.10 Å². The van der Waals surface area contributed by atoms with Gasteiger partial charge in [-0.25, -0.2) is 0 Å². The molecule has 0 aromatic heterocycles. The molecular formula is C8H16O. The van der Waals surface area contributed by atoms with Crippen molar-refractivity contribution in [2.75, 3.05) is 0 Å². The summed E-state index contributed by atoms with van der Waals surface area (Å²) in [4.78, 5) is 0. The summed E-state index contributed by atoms with van der Waals surface area (Å²) in [6, 6.07) is 0. The van der Waals surface area contributed by atoms with Gasteiger partial charge in [-0.2, -0.15) is 0 Å². The lowest BCUT2D eigenvalue weighted by atomic mass is 10.1. The van der Waals surface area contributed by atoms with Gasteiger partial charge in [-0.1, -0.05) is 11.6 Å². The minimum atomic E-state index is -0.153. The van der Waals surface area contributed by atoms with Crippen LogP contribution in [-0.4, -0.2) is 11.2 Å².